The van der Waals surface area contributed by atoms with E-state index in [1.807, 2.05) is 6.92 Å². The molecule has 0 aromatic rings. The summed E-state index contributed by atoms with van der Waals surface area (Å²) in [4.78, 5) is 0. The summed E-state index contributed by atoms with van der Waals surface area (Å²) in [5, 5.41) is 8.29. The first-order chi connectivity index (χ1) is 12.7. The number of aliphatic hydroxyl groups is 1. The third-order valence-electron chi connectivity index (χ3n) is 4.04. The van der Waals surface area contributed by atoms with E-state index in [0.29, 0.717) is 6.61 Å². The van der Waals surface area contributed by atoms with E-state index in [1.54, 1.807) is 7.11 Å². The molecule has 0 saturated heterocycles. The van der Waals surface area contributed by atoms with Gasteiger partial charge in [0.05, 0.1) is 0 Å². The monoisotopic (exact) mass is 377 g/mol. The van der Waals surface area contributed by atoms with Crippen LogP contribution in [0.3, 0.4) is 0 Å². The van der Waals surface area contributed by atoms with Crippen LogP contribution in [0.25, 0.3) is 0 Å². The Labute approximate surface area is 167 Å². The standard InChI is InChI=1S/C11H11.C7H14O.C6H14O.H2O/c1-9-6-7-11(8-9)10-4-2-3-5-10;1-3-4-5-6-7-8-2;1-2-3-4-5-6-7;/h2-7H,8H2,1H3;3-4H,5-7H2,1-2H3;7H,2-6H2,1H3;1H2/b;4-3-;;. The van der Waals surface area contributed by atoms with E-state index >= 15 is 0 Å². The van der Waals surface area contributed by atoms with E-state index in [9.17, 15) is 0 Å². The molecule has 2 rings (SSSR count). The van der Waals surface area contributed by atoms with Gasteiger partial charge in [0.25, 0.3) is 0 Å². The van der Waals surface area contributed by atoms with Crippen LogP contribution < -0.4 is 0 Å². The molecule has 0 aromatic carbocycles. The minimum absolute atomic E-state index is 0. The van der Waals surface area contributed by atoms with Crippen LogP contribution in [0.1, 0.15) is 65.7 Å². The zero-order chi connectivity index (χ0) is 19.5. The third-order valence-corrected chi connectivity index (χ3v) is 4.04. The lowest BCUT2D eigenvalue weighted by Crippen LogP contribution is -1.85. The molecule has 3 heteroatoms. The summed E-state index contributed by atoms with van der Waals surface area (Å²) in [5.74, 6) is 0. The molecule has 155 valence electrons. The highest BCUT2D eigenvalue weighted by Gasteiger charge is 2.09. The van der Waals surface area contributed by atoms with Crippen LogP contribution in [0.15, 0.2) is 59.3 Å². The first-order valence-corrected chi connectivity index (χ1v) is 9.98. The molecule has 27 heavy (non-hydrogen) atoms. The minimum Gasteiger partial charge on any atom is -0.412 e. The predicted octanol–water partition coefficient (Wildman–Crippen LogP) is 5.69. The highest BCUT2D eigenvalue weighted by atomic mass is 16.5. The molecule has 0 amide bonds. The Balaban J connectivity index is 0. The van der Waals surface area contributed by atoms with Crippen LogP contribution in [0.4, 0.5) is 0 Å². The summed E-state index contributed by atoms with van der Waals surface area (Å²) in [6.45, 7) is 7.61. The van der Waals surface area contributed by atoms with Crippen LogP contribution in [-0.2, 0) is 4.74 Å². The van der Waals surface area contributed by atoms with Gasteiger partial charge in [-0.15, -0.1) is 0 Å². The van der Waals surface area contributed by atoms with Gasteiger partial charge in [-0.25, -0.2) is 0 Å². The molecule has 3 nitrogen and oxygen atoms in total. The van der Waals surface area contributed by atoms with Gasteiger partial charge < -0.3 is 15.3 Å². The summed E-state index contributed by atoms with van der Waals surface area (Å²) in [6.07, 6.45) is 25.2. The van der Waals surface area contributed by atoms with Crippen molar-refractivity contribution >= 4 is 0 Å². The Morgan fingerprint density at radius 2 is 1.85 bits per heavy atom. The summed E-state index contributed by atoms with van der Waals surface area (Å²) in [7, 11) is 1.73. The van der Waals surface area contributed by atoms with Crippen LogP contribution in [0.5, 0.6) is 0 Å². The van der Waals surface area contributed by atoms with Crippen molar-refractivity contribution in [3.8, 4) is 0 Å². The number of aliphatic hydroxyl groups excluding tert-OH is 1. The van der Waals surface area contributed by atoms with Crippen molar-refractivity contribution in [1.29, 1.82) is 0 Å². The first-order valence-electron chi connectivity index (χ1n) is 9.98. The SMILES string of the molecule is C/C=C\CCCOC.CC1=CC=C(C2=CC=C[CH]2)C1.CCCCCCO.O. The molecule has 0 aromatic heterocycles. The molecule has 0 atom stereocenters. The average Bonchev–Trinajstić information content (AvgIpc) is 3.32. The number of hydrogen-bond donors (Lipinski definition) is 1. The molecule has 0 bridgehead atoms. The van der Waals surface area contributed by atoms with Crippen LogP contribution in [-0.4, -0.2) is 30.9 Å². The zero-order valence-corrected chi connectivity index (χ0v) is 17.8. The Morgan fingerprint density at radius 1 is 1.07 bits per heavy atom. The minimum atomic E-state index is 0. The second-order valence-electron chi connectivity index (χ2n) is 6.54. The molecule has 0 unspecified atom stereocenters. The van der Waals surface area contributed by atoms with Crippen molar-refractivity contribution in [3.05, 3.63) is 65.7 Å². The van der Waals surface area contributed by atoms with Gasteiger partial charge in [-0.3, -0.25) is 0 Å². The van der Waals surface area contributed by atoms with Gasteiger partial charge in [0, 0.05) is 26.7 Å². The van der Waals surface area contributed by atoms with E-state index in [0.717, 1.165) is 32.3 Å². The van der Waals surface area contributed by atoms with Crippen LogP contribution in [0, 0.1) is 6.42 Å². The molecule has 0 heterocycles. The van der Waals surface area contributed by atoms with Crippen molar-refractivity contribution < 1.29 is 15.3 Å². The second kappa shape index (κ2) is 20.9. The lowest BCUT2D eigenvalue weighted by atomic mass is 10.0. The lowest BCUT2D eigenvalue weighted by molar-refractivity contribution is 0.196. The summed E-state index contributed by atoms with van der Waals surface area (Å²) in [6, 6.07) is 0. The van der Waals surface area contributed by atoms with E-state index in [1.165, 1.54) is 36.0 Å². The molecule has 1 radical (unpaired) electrons. The Morgan fingerprint density at radius 3 is 2.33 bits per heavy atom. The summed E-state index contributed by atoms with van der Waals surface area (Å²) < 4.78 is 4.85. The van der Waals surface area contributed by atoms with E-state index in [4.69, 9.17) is 9.84 Å². The van der Waals surface area contributed by atoms with Gasteiger partial charge in [-0.05, 0) is 50.7 Å². The van der Waals surface area contributed by atoms with Crippen LogP contribution >= 0.6 is 0 Å². The Bertz CT molecular complexity index is 478. The van der Waals surface area contributed by atoms with Crippen molar-refractivity contribution in [2.45, 2.75) is 65.7 Å². The summed E-state index contributed by atoms with van der Waals surface area (Å²) in [5.41, 5.74) is 4.28. The molecular weight excluding hydrogens is 336 g/mol. The molecule has 0 saturated carbocycles. The van der Waals surface area contributed by atoms with E-state index < -0.39 is 0 Å². The van der Waals surface area contributed by atoms with E-state index in [2.05, 4.69) is 62.8 Å². The zero-order valence-electron chi connectivity index (χ0n) is 17.8. The largest absolute Gasteiger partial charge is 0.412 e. The highest BCUT2D eigenvalue weighted by Crippen LogP contribution is 2.28. The fourth-order valence-corrected chi connectivity index (χ4v) is 2.50. The average molecular weight is 378 g/mol. The van der Waals surface area contributed by atoms with Crippen molar-refractivity contribution in [3.63, 3.8) is 0 Å². The molecule has 2 aliphatic carbocycles. The highest BCUT2D eigenvalue weighted by molar-refractivity contribution is 5.52. The molecule has 0 aliphatic heterocycles. The Hall–Kier alpha value is -1.42. The maximum absolute atomic E-state index is 8.29. The summed E-state index contributed by atoms with van der Waals surface area (Å²) >= 11 is 0. The number of ether oxygens (including phenoxy) is 1. The van der Waals surface area contributed by atoms with Gasteiger partial charge in [0.2, 0.25) is 0 Å². The fraction of sp³-hybridized carbons (Fsp3) is 0.542. The van der Waals surface area contributed by atoms with Gasteiger partial charge in [-0.2, -0.15) is 0 Å². The van der Waals surface area contributed by atoms with Crippen molar-refractivity contribution in [1.82, 2.24) is 0 Å². The first kappa shape index (κ1) is 27.8. The van der Waals surface area contributed by atoms with E-state index in [-0.39, 0.29) is 5.48 Å². The predicted molar refractivity (Wildman–Crippen MR) is 119 cm³/mol. The number of allylic oxidation sites excluding steroid dienone is 10. The molecule has 0 spiro atoms. The van der Waals surface area contributed by atoms with Crippen LogP contribution in [0.2, 0.25) is 0 Å². The maximum Gasteiger partial charge on any atom is 0.0465 e. The van der Waals surface area contributed by atoms with Gasteiger partial charge in [-0.1, -0.05) is 74.3 Å². The maximum atomic E-state index is 8.29. The topological polar surface area (TPSA) is 61.0 Å². The molecule has 0 fully saturated rings. The molecule has 2 aliphatic rings. The molecule has 3 N–H and O–H groups in total. The quantitative estimate of drug-likeness (QED) is 0.414. The number of hydrogen-bond acceptors (Lipinski definition) is 2. The normalized spacial score (nSPS) is 14.5. The van der Waals surface area contributed by atoms with Gasteiger partial charge >= 0.3 is 0 Å². The number of unbranched alkanes of at least 4 members (excludes halogenated alkanes) is 4. The fourth-order valence-electron chi connectivity index (χ4n) is 2.50. The van der Waals surface area contributed by atoms with Gasteiger partial charge in [0.15, 0.2) is 0 Å². The van der Waals surface area contributed by atoms with Crippen molar-refractivity contribution in [2.24, 2.45) is 0 Å². The Kier molecular flexibility index (Phi) is 21.5. The lowest BCUT2D eigenvalue weighted by Gasteiger charge is -2.01. The third kappa shape index (κ3) is 16.5. The van der Waals surface area contributed by atoms with Gasteiger partial charge in [0.1, 0.15) is 0 Å². The number of methoxy groups -OCH3 is 1. The number of rotatable bonds is 9. The smallest absolute Gasteiger partial charge is 0.0465 e. The van der Waals surface area contributed by atoms with Crippen molar-refractivity contribution in [2.75, 3.05) is 20.3 Å². The second-order valence-corrected chi connectivity index (χ2v) is 6.54. The molecular formula is C24H41O3.